The van der Waals surface area contributed by atoms with Gasteiger partial charge in [0, 0.05) is 15.2 Å². The Morgan fingerprint density at radius 3 is 2.76 bits per heavy atom. The van der Waals surface area contributed by atoms with Gasteiger partial charge in [0.1, 0.15) is 0 Å². The lowest BCUT2D eigenvalue weighted by Crippen LogP contribution is -2.22. The molecule has 0 aliphatic carbocycles. The largest absolute Gasteiger partial charge is 0.325 e. The summed E-state index contributed by atoms with van der Waals surface area (Å²) >= 11 is 10.6. The Balaban J connectivity index is 1.71. The number of thioether (sulfide) groups is 1. The van der Waals surface area contributed by atoms with Crippen LogP contribution in [-0.4, -0.2) is 31.4 Å². The third-order valence-corrected chi connectivity index (χ3v) is 5.03. The van der Waals surface area contributed by atoms with Crippen molar-refractivity contribution < 1.29 is 4.79 Å². The average molecular weight is 439 g/mol. The molecule has 0 aliphatic heterocycles. The first-order chi connectivity index (χ1) is 12.0. The number of nitrogens with one attached hydrogen (secondary N) is 1. The highest BCUT2D eigenvalue weighted by Gasteiger charge is 2.19. The second-order valence-electron chi connectivity index (χ2n) is 5.11. The van der Waals surface area contributed by atoms with Gasteiger partial charge >= 0.3 is 0 Å². The molecule has 0 aliphatic rings. The lowest BCUT2D eigenvalue weighted by atomic mass is 10.3. The van der Waals surface area contributed by atoms with E-state index in [9.17, 15) is 4.79 Å². The molecule has 0 bridgehead atoms. The Hall–Kier alpha value is -1.90. The minimum Gasteiger partial charge on any atom is -0.325 e. The van der Waals surface area contributed by atoms with Crippen molar-refractivity contribution in [3.05, 3.63) is 58.0 Å². The van der Waals surface area contributed by atoms with Crippen molar-refractivity contribution in [2.75, 3.05) is 5.32 Å². The van der Waals surface area contributed by atoms with E-state index in [4.69, 9.17) is 11.6 Å². The van der Waals surface area contributed by atoms with E-state index < -0.39 is 0 Å². The number of aromatic nitrogens is 4. The molecule has 9 heteroatoms. The smallest absolute Gasteiger partial charge is 0.237 e. The number of hydrogen-bond donors (Lipinski definition) is 1. The zero-order chi connectivity index (χ0) is 17.8. The number of tetrazole rings is 1. The van der Waals surface area contributed by atoms with Gasteiger partial charge in [0.25, 0.3) is 0 Å². The number of benzene rings is 2. The molecule has 128 valence electrons. The number of hydrogen-bond acceptors (Lipinski definition) is 5. The van der Waals surface area contributed by atoms with Crippen LogP contribution in [0.2, 0.25) is 5.02 Å². The first-order valence-electron chi connectivity index (χ1n) is 7.30. The highest BCUT2D eigenvalue weighted by molar-refractivity contribution is 9.10. The number of anilines is 1. The van der Waals surface area contributed by atoms with Gasteiger partial charge in [0.15, 0.2) is 0 Å². The fourth-order valence-corrected chi connectivity index (χ4v) is 3.35. The third kappa shape index (κ3) is 4.59. The van der Waals surface area contributed by atoms with Crippen LogP contribution in [-0.2, 0) is 4.79 Å². The van der Waals surface area contributed by atoms with E-state index in [1.807, 2.05) is 36.4 Å². The third-order valence-electron chi connectivity index (χ3n) is 3.26. The van der Waals surface area contributed by atoms with Crippen molar-refractivity contribution >= 4 is 50.9 Å². The highest BCUT2D eigenvalue weighted by Crippen LogP contribution is 2.25. The summed E-state index contributed by atoms with van der Waals surface area (Å²) in [5.74, 6) is -0.131. The van der Waals surface area contributed by atoms with Crippen LogP contribution in [0.15, 0.2) is 58.2 Å². The van der Waals surface area contributed by atoms with Crippen molar-refractivity contribution in [3.8, 4) is 5.69 Å². The van der Waals surface area contributed by atoms with Crippen molar-refractivity contribution in [2.45, 2.75) is 17.3 Å². The van der Waals surface area contributed by atoms with E-state index >= 15 is 0 Å². The van der Waals surface area contributed by atoms with Gasteiger partial charge in [-0.2, -0.15) is 4.68 Å². The lowest BCUT2D eigenvalue weighted by molar-refractivity contribution is -0.115. The summed E-state index contributed by atoms with van der Waals surface area (Å²) in [5, 5.41) is 15.3. The van der Waals surface area contributed by atoms with Gasteiger partial charge in [-0.15, -0.1) is 5.10 Å². The molecule has 3 rings (SSSR count). The van der Waals surface area contributed by atoms with Gasteiger partial charge in [-0.25, -0.2) is 0 Å². The zero-order valence-electron chi connectivity index (χ0n) is 13.1. The van der Waals surface area contributed by atoms with Crippen LogP contribution >= 0.6 is 39.3 Å². The molecule has 0 saturated carbocycles. The summed E-state index contributed by atoms with van der Waals surface area (Å²) in [6.07, 6.45) is 0. The van der Waals surface area contributed by atoms with Crippen LogP contribution in [0.1, 0.15) is 6.92 Å². The number of nitrogens with zero attached hydrogens (tertiary/aromatic N) is 4. The van der Waals surface area contributed by atoms with E-state index in [-0.39, 0.29) is 11.2 Å². The monoisotopic (exact) mass is 437 g/mol. The number of halogens is 2. The van der Waals surface area contributed by atoms with Crippen LogP contribution in [0, 0.1) is 0 Å². The molecular weight excluding hydrogens is 426 g/mol. The molecule has 2 aromatic carbocycles. The first-order valence-corrected chi connectivity index (χ1v) is 9.35. The van der Waals surface area contributed by atoms with E-state index in [1.54, 1.807) is 23.7 Å². The average Bonchev–Trinajstić information content (AvgIpc) is 3.03. The molecule has 25 heavy (non-hydrogen) atoms. The second-order valence-corrected chi connectivity index (χ2v) is 7.77. The molecule has 0 radical (unpaired) electrons. The number of amides is 1. The summed E-state index contributed by atoms with van der Waals surface area (Å²) in [4.78, 5) is 12.4. The molecule has 1 atom stereocenters. The maximum atomic E-state index is 12.4. The summed E-state index contributed by atoms with van der Waals surface area (Å²) in [6.45, 7) is 1.80. The zero-order valence-corrected chi connectivity index (χ0v) is 16.2. The summed E-state index contributed by atoms with van der Waals surface area (Å²) in [6, 6.07) is 14.6. The van der Waals surface area contributed by atoms with Gasteiger partial charge in [0.2, 0.25) is 11.1 Å². The van der Waals surface area contributed by atoms with Crippen LogP contribution in [0.5, 0.6) is 0 Å². The van der Waals surface area contributed by atoms with E-state index in [1.165, 1.54) is 11.8 Å². The van der Waals surface area contributed by atoms with Crippen LogP contribution in [0.25, 0.3) is 5.69 Å². The van der Waals surface area contributed by atoms with Gasteiger partial charge in [0.05, 0.1) is 10.9 Å². The molecule has 0 spiro atoms. The molecule has 1 aromatic heterocycles. The molecule has 0 fully saturated rings. The number of carbonyl (C=O) groups is 1. The van der Waals surface area contributed by atoms with E-state index in [2.05, 4.69) is 36.8 Å². The first kappa shape index (κ1) is 17.9. The Kier molecular flexibility index (Phi) is 5.72. The Labute approximate surface area is 162 Å². The highest BCUT2D eigenvalue weighted by atomic mass is 79.9. The topological polar surface area (TPSA) is 72.7 Å². The molecule has 1 amide bonds. The molecular formula is C16H13BrClN5OS. The molecule has 1 N–H and O–H groups in total. The lowest BCUT2D eigenvalue weighted by Gasteiger charge is -2.12. The Morgan fingerprint density at radius 1 is 1.28 bits per heavy atom. The van der Waals surface area contributed by atoms with Crippen LogP contribution in [0.4, 0.5) is 5.69 Å². The molecule has 3 aromatic rings. The van der Waals surface area contributed by atoms with Gasteiger partial charge in [-0.3, -0.25) is 4.79 Å². The van der Waals surface area contributed by atoms with Crippen molar-refractivity contribution in [3.63, 3.8) is 0 Å². The molecule has 1 heterocycles. The number of rotatable bonds is 5. The standard InChI is InChI=1S/C16H13BrClN5OS/c1-10(15(24)19-13-4-2-3-11(17)9-13)25-16-20-21-22-23(16)14-7-5-12(18)6-8-14/h2-10H,1H3,(H,19,24). The van der Waals surface area contributed by atoms with Crippen molar-refractivity contribution in [1.82, 2.24) is 20.2 Å². The van der Waals surface area contributed by atoms with E-state index in [0.717, 1.165) is 15.8 Å². The summed E-state index contributed by atoms with van der Waals surface area (Å²) < 4.78 is 2.47. The van der Waals surface area contributed by atoms with Crippen molar-refractivity contribution in [1.29, 1.82) is 0 Å². The Morgan fingerprint density at radius 2 is 2.04 bits per heavy atom. The van der Waals surface area contributed by atoms with Crippen molar-refractivity contribution in [2.24, 2.45) is 0 Å². The molecule has 1 unspecified atom stereocenters. The molecule has 6 nitrogen and oxygen atoms in total. The second kappa shape index (κ2) is 7.99. The molecule has 0 saturated heterocycles. The van der Waals surface area contributed by atoms with Gasteiger partial charge in [-0.1, -0.05) is 45.4 Å². The number of carbonyl (C=O) groups excluding carboxylic acids is 1. The summed E-state index contributed by atoms with van der Waals surface area (Å²) in [7, 11) is 0. The fourth-order valence-electron chi connectivity index (χ4n) is 2.02. The predicted octanol–water partition coefficient (Wildman–Crippen LogP) is 4.20. The maximum Gasteiger partial charge on any atom is 0.237 e. The fraction of sp³-hybridized carbons (Fsp3) is 0.125. The Bertz CT molecular complexity index is 886. The quantitative estimate of drug-likeness (QED) is 0.605. The van der Waals surface area contributed by atoms with Crippen LogP contribution < -0.4 is 5.32 Å². The van der Waals surface area contributed by atoms with E-state index in [0.29, 0.717) is 10.2 Å². The van der Waals surface area contributed by atoms with Gasteiger partial charge in [-0.05, 0) is 59.8 Å². The SMILES string of the molecule is CC(Sc1nnnn1-c1ccc(Cl)cc1)C(=O)Nc1cccc(Br)c1. The minimum absolute atomic E-state index is 0.131. The predicted molar refractivity (Wildman–Crippen MR) is 102 cm³/mol. The normalized spacial score (nSPS) is 12.0. The maximum absolute atomic E-state index is 12.4. The van der Waals surface area contributed by atoms with Gasteiger partial charge < -0.3 is 5.32 Å². The van der Waals surface area contributed by atoms with Crippen LogP contribution in [0.3, 0.4) is 0 Å². The summed E-state index contributed by atoms with van der Waals surface area (Å²) in [5.41, 5.74) is 1.50. The minimum atomic E-state index is -0.379.